The van der Waals surface area contributed by atoms with E-state index in [-0.39, 0.29) is 18.1 Å². The normalized spacial score (nSPS) is 10.8. The summed E-state index contributed by atoms with van der Waals surface area (Å²) < 4.78 is 5.34. The van der Waals surface area contributed by atoms with E-state index in [0.717, 1.165) is 6.42 Å². The summed E-state index contributed by atoms with van der Waals surface area (Å²) in [5, 5.41) is 2.86. The second kappa shape index (κ2) is 6.19. The summed E-state index contributed by atoms with van der Waals surface area (Å²) in [6.45, 7) is 5.81. The van der Waals surface area contributed by atoms with Crippen LogP contribution < -0.4 is 10.1 Å². The molecule has 0 aromatic heterocycles. The SMILES string of the molecule is CCC(C)(C)NC(=O)COc1ccccc1C=O. The summed E-state index contributed by atoms with van der Waals surface area (Å²) in [6.07, 6.45) is 1.55. The second-order valence-corrected chi connectivity index (χ2v) is 4.73. The molecule has 0 saturated heterocycles. The largest absolute Gasteiger partial charge is 0.483 e. The van der Waals surface area contributed by atoms with Gasteiger partial charge in [-0.1, -0.05) is 19.1 Å². The van der Waals surface area contributed by atoms with Gasteiger partial charge in [0, 0.05) is 5.54 Å². The van der Waals surface area contributed by atoms with Gasteiger partial charge in [-0.3, -0.25) is 9.59 Å². The van der Waals surface area contributed by atoms with E-state index < -0.39 is 0 Å². The molecule has 1 aromatic carbocycles. The van der Waals surface area contributed by atoms with Gasteiger partial charge in [0.25, 0.3) is 5.91 Å². The number of nitrogens with one attached hydrogen (secondary N) is 1. The minimum absolute atomic E-state index is 0.0890. The third-order valence-electron chi connectivity index (χ3n) is 2.77. The number of para-hydroxylation sites is 1. The van der Waals surface area contributed by atoms with Crippen LogP contribution in [0, 0.1) is 0 Å². The van der Waals surface area contributed by atoms with Crippen LogP contribution in [0.3, 0.4) is 0 Å². The molecule has 4 heteroatoms. The van der Waals surface area contributed by atoms with Crippen LogP contribution in [0.2, 0.25) is 0 Å². The zero-order chi connectivity index (χ0) is 13.6. The van der Waals surface area contributed by atoms with Crippen LogP contribution in [0.5, 0.6) is 5.75 Å². The maximum absolute atomic E-state index is 11.7. The molecule has 0 heterocycles. The number of carbonyl (C=O) groups excluding carboxylic acids is 2. The fourth-order valence-electron chi connectivity index (χ4n) is 1.35. The topological polar surface area (TPSA) is 55.4 Å². The van der Waals surface area contributed by atoms with E-state index in [2.05, 4.69) is 5.32 Å². The molecule has 0 aliphatic heterocycles. The summed E-state index contributed by atoms with van der Waals surface area (Å²) in [7, 11) is 0. The highest BCUT2D eigenvalue weighted by Crippen LogP contribution is 2.15. The van der Waals surface area contributed by atoms with Gasteiger partial charge in [-0.15, -0.1) is 0 Å². The van der Waals surface area contributed by atoms with Crippen molar-refractivity contribution in [2.75, 3.05) is 6.61 Å². The first-order valence-corrected chi connectivity index (χ1v) is 5.96. The Morgan fingerprint density at radius 3 is 2.67 bits per heavy atom. The average Bonchev–Trinajstić information content (AvgIpc) is 2.36. The van der Waals surface area contributed by atoms with E-state index in [1.165, 1.54) is 0 Å². The molecule has 0 saturated carbocycles. The van der Waals surface area contributed by atoms with Crippen molar-refractivity contribution in [2.24, 2.45) is 0 Å². The monoisotopic (exact) mass is 249 g/mol. The maximum Gasteiger partial charge on any atom is 0.258 e. The number of rotatable bonds is 6. The molecular weight excluding hydrogens is 230 g/mol. The fourth-order valence-corrected chi connectivity index (χ4v) is 1.35. The average molecular weight is 249 g/mol. The van der Waals surface area contributed by atoms with E-state index in [1.54, 1.807) is 24.3 Å². The lowest BCUT2D eigenvalue weighted by Gasteiger charge is -2.24. The van der Waals surface area contributed by atoms with Gasteiger partial charge in [-0.2, -0.15) is 0 Å². The summed E-state index contributed by atoms with van der Waals surface area (Å²) in [4.78, 5) is 22.4. The fraction of sp³-hybridized carbons (Fsp3) is 0.429. The Morgan fingerprint density at radius 1 is 1.39 bits per heavy atom. The van der Waals surface area contributed by atoms with E-state index >= 15 is 0 Å². The van der Waals surface area contributed by atoms with E-state index in [0.29, 0.717) is 17.6 Å². The van der Waals surface area contributed by atoms with Crippen LogP contribution in [-0.2, 0) is 4.79 Å². The maximum atomic E-state index is 11.7. The predicted molar refractivity (Wildman–Crippen MR) is 69.8 cm³/mol. The number of benzene rings is 1. The molecule has 0 spiro atoms. The summed E-state index contributed by atoms with van der Waals surface area (Å²) in [5.74, 6) is 0.236. The van der Waals surface area contributed by atoms with Crippen molar-refractivity contribution >= 4 is 12.2 Å². The Bertz CT molecular complexity index is 427. The van der Waals surface area contributed by atoms with Gasteiger partial charge in [0.1, 0.15) is 5.75 Å². The molecule has 0 atom stereocenters. The van der Waals surface area contributed by atoms with Crippen LogP contribution in [0.4, 0.5) is 0 Å². The molecule has 0 radical (unpaired) electrons. The molecule has 18 heavy (non-hydrogen) atoms. The standard InChI is InChI=1S/C14H19NO3/c1-4-14(2,3)15-13(17)10-18-12-8-6-5-7-11(12)9-16/h5-9H,4,10H2,1-3H3,(H,15,17). The molecule has 1 rings (SSSR count). The van der Waals surface area contributed by atoms with Crippen LogP contribution in [0.25, 0.3) is 0 Å². The molecule has 4 nitrogen and oxygen atoms in total. The van der Waals surface area contributed by atoms with Crippen LogP contribution in [0.15, 0.2) is 24.3 Å². The van der Waals surface area contributed by atoms with Crippen molar-refractivity contribution in [2.45, 2.75) is 32.7 Å². The Hall–Kier alpha value is -1.84. The van der Waals surface area contributed by atoms with Gasteiger partial charge in [0.2, 0.25) is 0 Å². The zero-order valence-electron chi connectivity index (χ0n) is 11.0. The molecule has 1 amide bonds. The molecule has 0 aliphatic rings. The number of hydrogen-bond donors (Lipinski definition) is 1. The summed E-state index contributed by atoms with van der Waals surface area (Å²) >= 11 is 0. The lowest BCUT2D eigenvalue weighted by Crippen LogP contribution is -2.44. The van der Waals surface area contributed by atoms with Gasteiger partial charge in [-0.25, -0.2) is 0 Å². The van der Waals surface area contributed by atoms with Gasteiger partial charge < -0.3 is 10.1 Å². The van der Waals surface area contributed by atoms with Gasteiger partial charge in [-0.05, 0) is 32.4 Å². The van der Waals surface area contributed by atoms with E-state index in [1.807, 2.05) is 20.8 Å². The number of amides is 1. The quantitative estimate of drug-likeness (QED) is 0.786. The molecule has 0 bridgehead atoms. The van der Waals surface area contributed by atoms with Crippen LogP contribution in [-0.4, -0.2) is 24.3 Å². The van der Waals surface area contributed by atoms with Gasteiger partial charge >= 0.3 is 0 Å². The lowest BCUT2D eigenvalue weighted by molar-refractivity contribution is -0.124. The molecule has 98 valence electrons. The van der Waals surface area contributed by atoms with Crippen LogP contribution in [0.1, 0.15) is 37.6 Å². The third kappa shape index (κ3) is 4.20. The number of ether oxygens (including phenoxy) is 1. The highest BCUT2D eigenvalue weighted by Gasteiger charge is 2.18. The molecule has 1 N–H and O–H groups in total. The van der Waals surface area contributed by atoms with E-state index in [4.69, 9.17) is 4.74 Å². The van der Waals surface area contributed by atoms with Crippen molar-refractivity contribution in [3.05, 3.63) is 29.8 Å². The zero-order valence-corrected chi connectivity index (χ0v) is 11.0. The van der Waals surface area contributed by atoms with E-state index in [9.17, 15) is 9.59 Å². The highest BCUT2D eigenvalue weighted by molar-refractivity contribution is 5.81. The first-order chi connectivity index (χ1) is 8.48. The van der Waals surface area contributed by atoms with Gasteiger partial charge in [0.15, 0.2) is 12.9 Å². The number of hydrogen-bond acceptors (Lipinski definition) is 3. The highest BCUT2D eigenvalue weighted by atomic mass is 16.5. The van der Waals surface area contributed by atoms with Crippen molar-refractivity contribution in [3.8, 4) is 5.75 Å². The molecule has 1 aromatic rings. The third-order valence-corrected chi connectivity index (χ3v) is 2.77. The Labute approximate surface area is 107 Å². The minimum Gasteiger partial charge on any atom is -0.483 e. The Morgan fingerprint density at radius 2 is 2.06 bits per heavy atom. The lowest BCUT2D eigenvalue weighted by atomic mass is 10.0. The minimum atomic E-state index is -0.245. The predicted octanol–water partition coefficient (Wildman–Crippen LogP) is 2.18. The molecule has 0 fully saturated rings. The Kier molecular flexibility index (Phi) is 4.89. The Balaban J connectivity index is 2.55. The molecular formula is C14H19NO3. The van der Waals surface area contributed by atoms with Crippen molar-refractivity contribution < 1.29 is 14.3 Å². The molecule has 0 unspecified atom stereocenters. The van der Waals surface area contributed by atoms with Crippen molar-refractivity contribution in [3.63, 3.8) is 0 Å². The van der Waals surface area contributed by atoms with Crippen molar-refractivity contribution in [1.29, 1.82) is 0 Å². The summed E-state index contributed by atoms with van der Waals surface area (Å²) in [5.41, 5.74) is 0.199. The van der Waals surface area contributed by atoms with Gasteiger partial charge in [0.05, 0.1) is 5.56 Å². The molecule has 0 aliphatic carbocycles. The number of aldehydes is 1. The van der Waals surface area contributed by atoms with Crippen LogP contribution >= 0.6 is 0 Å². The van der Waals surface area contributed by atoms with Crippen molar-refractivity contribution in [1.82, 2.24) is 5.32 Å². The first-order valence-electron chi connectivity index (χ1n) is 5.96. The summed E-state index contributed by atoms with van der Waals surface area (Å²) in [6, 6.07) is 6.82. The second-order valence-electron chi connectivity index (χ2n) is 4.73. The number of carbonyl (C=O) groups is 2. The smallest absolute Gasteiger partial charge is 0.258 e. The first kappa shape index (κ1) is 14.2.